The third-order valence-electron chi connectivity index (χ3n) is 5.10. The second-order valence-corrected chi connectivity index (χ2v) is 6.58. The van der Waals surface area contributed by atoms with Crippen LogP contribution in [0.15, 0.2) is 24.3 Å². The Hall–Kier alpha value is -2.18. The highest BCUT2D eigenvalue weighted by Gasteiger charge is 2.45. The maximum Gasteiger partial charge on any atom is 0.320 e. The summed E-state index contributed by atoms with van der Waals surface area (Å²) in [5, 5.41) is 9.35. The number of carbonyl (C=O) groups is 2. The predicted molar refractivity (Wildman–Crippen MR) is 82.6 cm³/mol. The van der Waals surface area contributed by atoms with Crippen LogP contribution in [0, 0.1) is 5.41 Å². The van der Waals surface area contributed by atoms with Crippen LogP contribution < -0.4 is 0 Å². The summed E-state index contributed by atoms with van der Waals surface area (Å²) in [6.45, 7) is 1.47. The molecule has 3 rings (SSSR count). The van der Waals surface area contributed by atoms with Gasteiger partial charge in [0.15, 0.2) is 0 Å². The van der Waals surface area contributed by atoms with E-state index in [1.165, 1.54) is 0 Å². The third kappa shape index (κ3) is 3.07. The van der Waals surface area contributed by atoms with Crippen LogP contribution >= 0.6 is 0 Å². The molecule has 0 atom stereocenters. The Bertz CT molecular complexity index is 617. The smallest absolute Gasteiger partial charge is 0.320 e. The number of nitrogens with zero attached hydrogens (tertiary/aromatic N) is 2. The molecule has 0 saturated carbocycles. The summed E-state index contributed by atoms with van der Waals surface area (Å²) >= 11 is 0. The van der Waals surface area contributed by atoms with Crippen molar-refractivity contribution >= 4 is 12.0 Å². The summed E-state index contributed by atoms with van der Waals surface area (Å²) in [4.78, 5) is 27.4. The van der Waals surface area contributed by atoms with E-state index in [2.05, 4.69) is 0 Å². The number of halogens is 2. The fourth-order valence-corrected chi connectivity index (χ4v) is 3.60. The predicted octanol–water partition coefficient (Wildman–Crippen LogP) is 2.94. The lowest BCUT2D eigenvalue weighted by Gasteiger charge is -2.39. The lowest BCUT2D eigenvalue weighted by Crippen LogP contribution is -2.50. The molecule has 0 radical (unpaired) electrons. The number of alkyl halides is 2. The Labute approximate surface area is 138 Å². The van der Waals surface area contributed by atoms with E-state index in [1.807, 2.05) is 24.3 Å². The molecular weight excluding hydrogens is 318 g/mol. The number of hydrogen-bond donors (Lipinski definition) is 1. The molecule has 7 heteroatoms. The van der Waals surface area contributed by atoms with Crippen molar-refractivity contribution in [1.82, 2.24) is 9.80 Å². The molecule has 0 bridgehead atoms. The van der Waals surface area contributed by atoms with Crippen LogP contribution in [-0.2, 0) is 17.9 Å². The first-order chi connectivity index (χ1) is 11.4. The molecule has 5 nitrogen and oxygen atoms in total. The van der Waals surface area contributed by atoms with Gasteiger partial charge in [-0.1, -0.05) is 24.3 Å². The topological polar surface area (TPSA) is 60.9 Å². The van der Waals surface area contributed by atoms with Gasteiger partial charge in [0.1, 0.15) is 0 Å². The standard InChI is InChI=1S/C17H20F2N2O3/c18-14(19)9-17(15(22)23)5-7-20(8-6-17)16(24)21-10-12-3-1-2-4-13(12)11-21/h1-4,14H,5-11H2,(H,22,23). The van der Waals surface area contributed by atoms with Crippen LogP contribution in [0.4, 0.5) is 13.6 Å². The minimum atomic E-state index is -2.66. The second kappa shape index (κ2) is 6.37. The molecule has 1 saturated heterocycles. The van der Waals surface area contributed by atoms with E-state index in [4.69, 9.17) is 0 Å². The summed E-state index contributed by atoms with van der Waals surface area (Å²) in [5.74, 6) is -1.19. The highest BCUT2D eigenvalue weighted by atomic mass is 19.3. The van der Waals surface area contributed by atoms with Gasteiger partial charge in [0, 0.05) is 32.6 Å². The lowest BCUT2D eigenvalue weighted by molar-refractivity contribution is -0.155. The first-order valence-electron chi connectivity index (χ1n) is 8.03. The van der Waals surface area contributed by atoms with Crippen molar-refractivity contribution in [1.29, 1.82) is 0 Å². The number of aliphatic carboxylic acids is 1. The normalized spacial score (nSPS) is 19.5. The Morgan fingerprint density at radius 1 is 1.08 bits per heavy atom. The van der Waals surface area contributed by atoms with Gasteiger partial charge in [-0.05, 0) is 24.0 Å². The van der Waals surface area contributed by atoms with Crippen LogP contribution in [0.1, 0.15) is 30.4 Å². The minimum Gasteiger partial charge on any atom is -0.481 e. The maximum atomic E-state index is 12.7. The van der Waals surface area contributed by atoms with Crippen molar-refractivity contribution in [3.8, 4) is 0 Å². The summed E-state index contributed by atoms with van der Waals surface area (Å²) in [6.07, 6.45) is -3.17. The van der Waals surface area contributed by atoms with E-state index < -0.39 is 24.2 Å². The van der Waals surface area contributed by atoms with Gasteiger partial charge < -0.3 is 14.9 Å². The van der Waals surface area contributed by atoms with Crippen LogP contribution in [-0.4, -0.2) is 46.4 Å². The number of fused-ring (bicyclic) bond motifs is 1. The van der Waals surface area contributed by atoms with Crippen molar-refractivity contribution in [2.45, 2.75) is 38.8 Å². The van der Waals surface area contributed by atoms with Gasteiger partial charge in [0.05, 0.1) is 5.41 Å². The fraction of sp³-hybridized carbons (Fsp3) is 0.529. The number of carboxylic acids is 1. The molecule has 1 aromatic carbocycles. The SMILES string of the molecule is O=C(N1CCC(CC(F)F)(C(=O)O)CC1)N1Cc2ccccc2C1. The molecule has 2 aliphatic heterocycles. The van der Waals surface area contributed by atoms with E-state index in [0.717, 1.165) is 11.1 Å². The summed E-state index contributed by atoms with van der Waals surface area (Å²) in [5.41, 5.74) is 0.805. The lowest BCUT2D eigenvalue weighted by atomic mass is 9.76. The number of likely N-dealkylation sites (tertiary alicyclic amines) is 1. The largest absolute Gasteiger partial charge is 0.481 e. The molecule has 0 spiro atoms. The number of carboxylic acid groups (broad SMARTS) is 1. The summed E-state index contributed by atoms with van der Waals surface area (Å²) < 4.78 is 25.5. The molecule has 0 unspecified atom stereocenters. The van der Waals surface area contributed by atoms with Gasteiger partial charge in [-0.15, -0.1) is 0 Å². The first-order valence-corrected chi connectivity index (χ1v) is 8.03. The Morgan fingerprint density at radius 3 is 2.08 bits per heavy atom. The molecule has 1 N–H and O–H groups in total. The fourth-order valence-electron chi connectivity index (χ4n) is 3.60. The van der Waals surface area contributed by atoms with Crippen molar-refractivity contribution < 1.29 is 23.5 Å². The summed E-state index contributed by atoms with van der Waals surface area (Å²) in [7, 11) is 0. The Balaban J connectivity index is 1.63. The zero-order valence-electron chi connectivity index (χ0n) is 13.3. The van der Waals surface area contributed by atoms with E-state index in [1.54, 1.807) is 9.80 Å². The Kier molecular flexibility index (Phi) is 4.43. The minimum absolute atomic E-state index is 0.0687. The molecule has 2 amide bonds. The van der Waals surface area contributed by atoms with E-state index in [9.17, 15) is 23.5 Å². The van der Waals surface area contributed by atoms with Crippen molar-refractivity contribution in [2.75, 3.05) is 13.1 Å². The molecule has 130 valence electrons. The molecule has 24 heavy (non-hydrogen) atoms. The zero-order chi connectivity index (χ0) is 17.3. The molecule has 2 aliphatic rings. The highest BCUT2D eigenvalue weighted by Crippen LogP contribution is 2.38. The van der Waals surface area contributed by atoms with Gasteiger partial charge in [-0.2, -0.15) is 0 Å². The van der Waals surface area contributed by atoms with Crippen molar-refractivity contribution in [2.24, 2.45) is 5.41 Å². The monoisotopic (exact) mass is 338 g/mol. The van der Waals surface area contributed by atoms with Gasteiger partial charge in [-0.25, -0.2) is 13.6 Å². The number of benzene rings is 1. The van der Waals surface area contributed by atoms with E-state index in [-0.39, 0.29) is 32.0 Å². The molecular formula is C17H20F2N2O3. The number of carbonyl (C=O) groups excluding carboxylic acids is 1. The van der Waals surface area contributed by atoms with Gasteiger partial charge >= 0.3 is 12.0 Å². The van der Waals surface area contributed by atoms with Gasteiger partial charge in [0.2, 0.25) is 6.43 Å². The number of rotatable bonds is 3. The van der Waals surface area contributed by atoms with Crippen LogP contribution in [0.25, 0.3) is 0 Å². The Morgan fingerprint density at radius 2 is 1.62 bits per heavy atom. The summed E-state index contributed by atoms with van der Waals surface area (Å²) in [6, 6.07) is 7.68. The van der Waals surface area contributed by atoms with Crippen LogP contribution in [0.2, 0.25) is 0 Å². The van der Waals surface area contributed by atoms with Gasteiger partial charge in [0.25, 0.3) is 0 Å². The quantitative estimate of drug-likeness (QED) is 0.922. The number of hydrogen-bond acceptors (Lipinski definition) is 2. The molecule has 0 aromatic heterocycles. The first kappa shape index (κ1) is 16.7. The van der Waals surface area contributed by atoms with Crippen LogP contribution in [0.3, 0.4) is 0 Å². The maximum absolute atomic E-state index is 12.7. The van der Waals surface area contributed by atoms with Crippen LogP contribution in [0.5, 0.6) is 0 Å². The zero-order valence-corrected chi connectivity index (χ0v) is 13.3. The molecule has 1 aromatic rings. The van der Waals surface area contributed by atoms with E-state index in [0.29, 0.717) is 13.1 Å². The van der Waals surface area contributed by atoms with Crippen molar-refractivity contribution in [3.63, 3.8) is 0 Å². The molecule has 0 aliphatic carbocycles. The molecule has 1 fully saturated rings. The number of piperidine rings is 1. The average molecular weight is 338 g/mol. The number of amides is 2. The average Bonchev–Trinajstić information content (AvgIpc) is 2.98. The van der Waals surface area contributed by atoms with E-state index >= 15 is 0 Å². The number of urea groups is 1. The third-order valence-corrected chi connectivity index (χ3v) is 5.10. The molecule has 2 heterocycles. The van der Waals surface area contributed by atoms with Gasteiger partial charge in [-0.3, -0.25) is 4.79 Å². The highest BCUT2D eigenvalue weighted by molar-refractivity contribution is 5.77. The second-order valence-electron chi connectivity index (χ2n) is 6.58. The van der Waals surface area contributed by atoms with Crippen molar-refractivity contribution in [3.05, 3.63) is 35.4 Å².